The number of benzene rings is 1. The van der Waals surface area contributed by atoms with Crippen molar-refractivity contribution in [1.29, 1.82) is 0 Å². The number of nitrogens with zero attached hydrogens (tertiary/aromatic N) is 3. The van der Waals surface area contributed by atoms with E-state index < -0.39 is 0 Å². The normalized spacial score (nSPS) is 24.2. The summed E-state index contributed by atoms with van der Waals surface area (Å²) in [6.45, 7) is 5.60. The van der Waals surface area contributed by atoms with Gasteiger partial charge in [0.25, 0.3) is 5.56 Å². The molecule has 0 aliphatic carbocycles. The Hall–Kier alpha value is -2.44. The van der Waals surface area contributed by atoms with Crippen LogP contribution in [-0.2, 0) is 16.1 Å². The van der Waals surface area contributed by atoms with Crippen molar-refractivity contribution in [2.75, 3.05) is 45.9 Å². The number of carbonyl (C=O) groups is 1. The van der Waals surface area contributed by atoms with Crippen molar-refractivity contribution >= 4 is 5.91 Å². The fraction of sp³-hybridized carbons (Fsp3) is 0.478. The standard InChI is InChI=1S/C23H27N3O3/c27-22-12-19(18-4-2-1-3-5-18)11-21-20-10-17(14-26(21)22)13-24(15-20)16-23(28)25-6-8-29-9-7-25/h1-5,11-12,17,20H,6-10,13-16H2/t17-,20+/m0/s1. The summed E-state index contributed by atoms with van der Waals surface area (Å²) in [4.78, 5) is 29.7. The van der Waals surface area contributed by atoms with Gasteiger partial charge in [-0.2, -0.15) is 0 Å². The summed E-state index contributed by atoms with van der Waals surface area (Å²) in [5.74, 6) is 0.930. The molecule has 0 spiro atoms. The van der Waals surface area contributed by atoms with Crippen molar-refractivity contribution in [3.05, 3.63) is 58.5 Å². The Balaban J connectivity index is 1.37. The number of aromatic nitrogens is 1. The first-order valence-corrected chi connectivity index (χ1v) is 10.6. The van der Waals surface area contributed by atoms with Gasteiger partial charge in [-0.15, -0.1) is 0 Å². The number of hydrogen-bond acceptors (Lipinski definition) is 4. The number of fused-ring (bicyclic) bond motifs is 4. The molecule has 0 N–H and O–H groups in total. The van der Waals surface area contributed by atoms with Crippen LogP contribution < -0.4 is 5.56 Å². The minimum atomic E-state index is 0.0916. The van der Waals surface area contributed by atoms with E-state index in [0.29, 0.717) is 44.7 Å². The molecule has 2 saturated heterocycles. The lowest BCUT2D eigenvalue weighted by Gasteiger charge is -2.43. The Morgan fingerprint density at radius 1 is 1.00 bits per heavy atom. The van der Waals surface area contributed by atoms with Crippen LogP contribution in [0.3, 0.4) is 0 Å². The molecule has 0 radical (unpaired) electrons. The van der Waals surface area contributed by atoms with Gasteiger partial charge in [-0.05, 0) is 29.5 Å². The molecule has 2 bridgehead atoms. The molecule has 5 rings (SSSR count). The van der Waals surface area contributed by atoms with Crippen molar-refractivity contribution in [2.24, 2.45) is 5.92 Å². The highest BCUT2D eigenvalue weighted by Gasteiger charge is 2.36. The highest BCUT2D eigenvalue weighted by molar-refractivity contribution is 5.78. The van der Waals surface area contributed by atoms with Crippen LogP contribution in [-0.4, -0.2) is 66.2 Å². The topological polar surface area (TPSA) is 54.8 Å². The third-order valence-electron chi connectivity index (χ3n) is 6.46. The number of carbonyl (C=O) groups excluding carboxylic acids is 1. The summed E-state index contributed by atoms with van der Waals surface area (Å²) in [6.07, 6.45) is 1.10. The molecular weight excluding hydrogens is 366 g/mol. The van der Waals surface area contributed by atoms with E-state index in [0.717, 1.165) is 42.9 Å². The van der Waals surface area contributed by atoms with Crippen molar-refractivity contribution in [2.45, 2.75) is 18.9 Å². The molecule has 6 nitrogen and oxygen atoms in total. The second-order valence-corrected chi connectivity index (χ2v) is 8.47. The number of morpholine rings is 1. The van der Waals surface area contributed by atoms with Gasteiger partial charge in [0.15, 0.2) is 0 Å². The number of amides is 1. The van der Waals surface area contributed by atoms with E-state index in [2.05, 4.69) is 11.0 Å². The lowest BCUT2D eigenvalue weighted by atomic mass is 9.82. The molecule has 2 atom stereocenters. The predicted molar refractivity (Wildman–Crippen MR) is 111 cm³/mol. The lowest BCUT2D eigenvalue weighted by Crippen LogP contribution is -2.51. The third-order valence-corrected chi connectivity index (χ3v) is 6.46. The highest BCUT2D eigenvalue weighted by atomic mass is 16.5. The van der Waals surface area contributed by atoms with Gasteiger partial charge in [-0.1, -0.05) is 30.3 Å². The number of ether oxygens (including phenoxy) is 1. The van der Waals surface area contributed by atoms with Crippen molar-refractivity contribution in [3.63, 3.8) is 0 Å². The molecule has 1 aromatic heterocycles. The van der Waals surface area contributed by atoms with Crippen LogP contribution in [0.4, 0.5) is 0 Å². The monoisotopic (exact) mass is 393 g/mol. The SMILES string of the molecule is O=C(CN1C[C@@H]2C[C@H](C1)c1cc(-c3ccccc3)cc(=O)n1C2)N1CCOCC1. The maximum absolute atomic E-state index is 12.8. The van der Waals surface area contributed by atoms with Crippen molar-refractivity contribution in [1.82, 2.24) is 14.4 Å². The van der Waals surface area contributed by atoms with Crippen LogP contribution in [0.15, 0.2) is 47.3 Å². The van der Waals surface area contributed by atoms with E-state index in [9.17, 15) is 9.59 Å². The maximum Gasteiger partial charge on any atom is 0.251 e. The summed E-state index contributed by atoms with van der Waals surface area (Å²) in [5, 5.41) is 0. The average Bonchev–Trinajstić information content (AvgIpc) is 2.75. The number of piperidine rings is 1. The van der Waals surface area contributed by atoms with Gasteiger partial charge in [0, 0.05) is 50.4 Å². The molecule has 0 unspecified atom stereocenters. The van der Waals surface area contributed by atoms with Crippen LogP contribution in [0.2, 0.25) is 0 Å². The zero-order chi connectivity index (χ0) is 19.8. The van der Waals surface area contributed by atoms with Crippen molar-refractivity contribution < 1.29 is 9.53 Å². The Labute approximate surface area is 170 Å². The predicted octanol–water partition coefficient (Wildman–Crippen LogP) is 1.79. The Morgan fingerprint density at radius 2 is 1.79 bits per heavy atom. The lowest BCUT2D eigenvalue weighted by molar-refractivity contribution is -0.137. The van der Waals surface area contributed by atoms with Crippen LogP contribution in [0.5, 0.6) is 0 Å². The second-order valence-electron chi connectivity index (χ2n) is 8.47. The van der Waals surface area contributed by atoms with Gasteiger partial charge in [0.1, 0.15) is 0 Å². The Morgan fingerprint density at radius 3 is 2.59 bits per heavy atom. The zero-order valence-corrected chi connectivity index (χ0v) is 16.6. The molecule has 1 aromatic carbocycles. The number of likely N-dealkylation sites (tertiary alicyclic amines) is 1. The molecule has 3 aliphatic rings. The molecule has 2 fully saturated rings. The molecule has 0 saturated carbocycles. The first-order chi connectivity index (χ1) is 14.2. The summed E-state index contributed by atoms with van der Waals surface area (Å²) in [7, 11) is 0. The summed E-state index contributed by atoms with van der Waals surface area (Å²) >= 11 is 0. The number of rotatable bonds is 3. The van der Waals surface area contributed by atoms with E-state index in [-0.39, 0.29) is 11.5 Å². The fourth-order valence-electron chi connectivity index (χ4n) is 5.09. The number of pyridine rings is 1. The van der Waals surface area contributed by atoms with Gasteiger partial charge in [0.05, 0.1) is 19.8 Å². The molecule has 3 aliphatic heterocycles. The fourth-order valence-corrected chi connectivity index (χ4v) is 5.09. The Bertz CT molecular complexity index is 950. The van der Waals surface area contributed by atoms with E-state index in [1.165, 1.54) is 0 Å². The van der Waals surface area contributed by atoms with Crippen LogP contribution in [0.1, 0.15) is 18.0 Å². The van der Waals surface area contributed by atoms with E-state index in [1.807, 2.05) is 39.8 Å². The van der Waals surface area contributed by atoms with Crippen LogP contribution >= 0.6 is 0 Å². The minimum Gasteiger partial charge on any atom is -0.378 e. The third kappa shape index (κ3) is 3.74. The Kier molecular flexibility index (Phi) is 4.97. The van der Waals surface area contributed by atoms with Crippen molar-refractivity contribution in [3.8, 4) is 11.1 Å². The summed E-state index contributed by atoms with van der Waals surface area (Å²) in [5.41, 5.74) is 3.28. The second kappa shape index (κ2) is 7.76. The highest BCUT2D eigenvalue weighted by Crippen LogP contribution is 2.36. The van der Waals surface area contributed by atoms with Gasteiger partial charge in [-0.3, -0.25) is 14.5 Å². The molecule has 29 heavy (non-hydrogen) atoms. The minimum absolute atomic E-state index is 0.0916. The van der Waals surface area contributed by atoms with Crippen LogP contribution in [0.25, 0.3) is 11.1 Å². The van der Waals surface area contributed by atoms with Gasteiger partial charge in [0.2, 0.25) is 5.91 Å². The average molecular weight is 393 g/mol. The first-order valence-electron chi connectivity index (χ1n) is 10.6. The van der Waals surface area contributed by atoms with Gasteiger partial charge in [-0.25, -0.2) is 0 Å². The summed E-state index contributed by atoms with van der Waals surface area (Å²) < 4.78 is 7.32. The van der Waals surface area contributed by atoms with E-state index in [4.69, 9.17) is 4.74 Å². The quantitative estimate of drug-likeness (QED) is 0.798. The molecule has 6 heteroatoms. The zero-order valence-electron chi connectivity index (χ0n) is 16.6. The molecule has 4 heterocycles. The maximum atomic E-state index is 12.8. The largest absolute Gasteiger partial charge is 0.378 e. The summed E-state index contributed by atoms with van der Waals surface area (Å²) in [6, 6.07) is 14.0. The van der Waals surface area contributed by atoms with Crippen LogP contribution in [0, 0.1) is 5.92 Å². The van der Waals surface area contributed by atoms with Gasteiger partial charge < -0.3 is 14.2 Å². The smallest absolute Gasteiger partial charge is 0.251 e. The molecule has 2 aromatic rings. The molecular formula is C23H27N3O3. The van der Waals surface area contributed by atoms with E-state index in [1.54, 1.807) is 6.07 Å². The van der Waals surface area contributed by atoms with Gasteiger partial charge >= 0.3 is 0 Å². The molecule has 1 amide bonds. The number of hydrogen-bond donors (Lipinski definition) is 0. The molecule has 152 valence electrons. The first kappa shape index (κ1) is 18.6. The van der Waals surface area contributed by atoms with E-state index >= 15 is 0 Å².